The van der Waals surface area contributed by atoms with E-state index in [4.69, 9.17) is 0 Å². The second-order valence-electron chi connectivity index (χ2n) is 6.46. The molecule has 3 N–H and O–H groups in total. The first-order valence-electron chi connectivity index (χ1n) is 8.47. The summed E-state index contributed by atoms with van der Waals surface area (Å²) in [5, 5.41) is 14.4. The molecule has 3 heteroatoms. The molecule has 0 saturated heterocycles. The van der Waals surface area contributed by atoms with Crippen LogP contribution in [0.1, 0.15) is 33.9 Å². The first-order chi connectivity index (χ1) is 11.8. The monoisotopic (exact) mass is 318 g/mol. The predicted molar refractivity (Wildman–Crippen MR) is 98.9 cm³/mol. The lowest BCUT2D eigenvalue weighted by Gasteiger charge is -2.26. The van der Waals surface area contributed by atoms with E-state index in [-0.39, 0.29) is 12.6 Å². The van der Waals surface area contributed by atoms with Crippen LogP contribution in [0.5, 0.6) is 0 Å². The summed E-state index contributed by atoms with van der Waals surface area (Å²) >= 11 is 0. The summed E-state index contributed by atoms with van der Waals surface area (Å²) in [5.74, 6) is 0. The third kappa shape index (κ3) is 2.66. The van der Waals surface area contributed by atoms with Gasteiger partial charge in [-0.25, -0.2) is 0 Å². The number of nitrogens with one attached hydrogen (secondary N) is 2. The maximum atomic E-state index is 9.57. The molecule has 0 spiro atoms. The Morgan fingerprint density at radius 3 is 3.04 bits per heavy atom. The molecule has 1 aliphatic rings. The Hall–Kier alpha value is -2.36. The van der Waals surface area contributed by atoms with Crippen molar-refractivity contribution >= 4 is 17.0 Å². The number of rotatable bonds is 3. The van der Waals surface area contributed by atoms with Crippen molar-refractivity contribution in [3.63, 3.8) is 0 Å². The van der Waals surface area contributed by atoms with Gasteiger partial charge in [0.15, 0.2) is 0 Å². The van der Waals surface area contributed by atoms with Gasteiger partial charge in [0.2, 0.25) is 0 Å². The Morgan fingerprint density at radius 1 is 1.25 bits per heavy atom. The van der Waals surface area contributed by atoms with E-state index in [2.05, 4.69) is 65.8 Å². The van der Waals surface area contributed by atoms with Gasteiger partial charge in [0.25, 0.3) is 0 Å². The topological polar surface area (TPSA) is 48.0 Å². The summed E-state index contributed by atoms with van der Waals surface area (Å²) in [6.45, 7) is 3.15. The molecule has 2 aromatic carbocycles. The highest BCUT2D eigenvalue weighted by Gasteiger charge is 2.18. The molecular weight excluding hydrogens is 296 g/mol. The molecule has 3 nitrogen and oxygen atoms in total. The van der Waals surface area contributed by atoms with Gasteiger partial charge < -0.3 is 15.4 Å². The van der Waals surface area contributed by atoms with Gasteiger partial charge in [-0.2, -0.15) is 0 Å². The minimum Gasteiger partial charge on any atom is -0.392 e. The van der Waals surface area contributed by atoms with Crippen LogP contribution in [0.3, 0.4) is 0 Å². The van der Waals surface area contributed by atoms with Gasteiger partial charge in [-0.3, -0.25) is 0 Å². The van der Waals surface area contributed by atoms with Crippen LogP contribution >= 0.6 is 0 Å². The number of aliphatic hydroxyl groups is 1. The number of aliphatic hydroxyl groups excluding tert-OH is 1. The molecule has 1 unspecified atom stereocenters. The van der Waals surface area contributed by atoms with Gasteiger partial charge in [-0.1, -0.05) is 36.4 Å². The molecule has 24 heavy (non-hydrogen) atoms. The number of fused-ring (bicyclic) bond motifs is 2. The van der Waals surface area contributed by atoms with Crippen molar-refractivity contribution in [1.29, 1.82) is 0 Å². The molecule has 0 radical (unpaired) electrons. The molecule has 0 saturated carbocycles. The van der Waals surface area contributed by atoms with Crippen molar-refractivity contribution in [2.24, 2.45) is 0 Å². The van der Waals surface area contributed by atoms with E-state index in [1.807, 2.05) is 6.20 Å². The fraction of sp³-hybridized carbons (Fsp3) is 0.238. The van der Waals surface area contributed by atoms with Crippen LogP contribution in [0.2, 0.25) is 0 Å². The van der Waals surface area contributed by atoms with E-state index in [0.29, 0.717) is 0 Å². The van der Waals surface area contributed by atoms with Crippen molar-refractivity contribution in [2.45, 2.75) is 26.0 Å². The van der Waals surface area contributed by atoms with Crippen LogP contribution < -0.4 is 5.32 Å². The van der Waals surface area contributed by atoms with Crippen LogP contribution in [0.15, 0.2) is 48.7 Å². The lowest BCUT2D eigenvalue weighted by molar-refractivity contribution is 0.280. The van der Waals surface area contributed by atoms with Gasteiger partial charge >= 0.3 is 0 Å². The number of aryl methyl sites for hydroxylation is 1. The maximum absolute atomic E-state index is 9.57. The van der Waals surface area contributed by atoms with E-state index in [0.717, 1.165) is 24.0 Å². The molecule has 0 bridgehead atoms. The van der Waals surface area contributed by atoms with Crippen molar-refractivity contribution in [1.82, 2.24) is 10.3 Å². The SMILES string of the molecule is Cc1cc2c(cc1CO)C(/C=C/c1cccc3[nH]ccc13)NCC2. The van der Waals surface area contributed by atoms with E-state index in [1.54, 1.807) is 0 Å². The first-order valence-corrected chi connectivity index (χ1v) is 8.47. The van der Waals surface area contributed by atoms with Crippen LogP contribution in [0.25, 0.3) is 17.0 Å². The molecule has 1 atom stereocenters. The molecule has 4 rings (SSSR count). The van der Waals surface area contributed by atoms with Crippen LogP contribution in [-0.2, 0) is 13.0 Å². The highest BCUT2D eigenvalue weighted by molar-refractivity contribution is 5.88. The van der Waals surface area contributed by atoms with Gasteiger partial charge in [-0.05, 0) is 53.3 Å². The van der Waals surface area contributed by atoms with Gasteiger partial charge in [0.05, 0.1) is 12.6 Å². The minimum absolute atomic E-state index is 0.0954. The molecule has 0 amide bonds. The van der Waals surface area contributed by atoms with Crippen LogP contribution in [-0.4, -0.2) is 16.6 Å². The highest BCUT2D eigenvalue weighted by Crippen LogP contribution is 2.28. The fourth-order valence-corrected chi connectivity index (χ4v) is 3.61. The Bertz CT molecular complexity index is 907. The van der Waals surface area contributed by atoms with Crippen molar-refractivity contribution in [3.8, 4) is 0 Å². The molecule has 0 aliphatic carbocycles. The Morgan fingerprint density at radius 2 is 2.17 bits per heavy atom. The predicted octanol–water partition coefficient (Wildman–Crippen LogP) is 3.87. The lowest BCUT2D eigenvalue weighted by Crippen LogP contribution is -2.28. The third-order valence-corrected chi connectivity index (χ3v) is 4.96. The van der Waals surface area contributed by atoms with Gasteiger partial charge in [-0.15, -0.1) is 0 Å². The van der Waals surface area contributed by atoms with Gasteiger partial charge in [0.1, 0.15) is 0 Å². The largest absolute Gasteiger partial charge is 0.392 e. The average Bonchev–Trinajstić information content (AvgIpc) is 3.08. The number of aromatic nitrogens is 1. The highest BCUT2D eigenvalue weighted by atomic mass is 16.3. The van der Waals surface area contributed by atoms with E-state index in [9.17, 15) is 5.11 Å². The Labute approximate surface area is 142 Å². The van der Waals surface area contributed by atoms with Crippen LogP contribution in [0, 0.1) is 6.92 Å². The molecular formula is C21H22N2O. The molecule has 0 fully saturated rings. The van der Waals surface area contributed by atoms with Crippen molar-refractivity contribution in [2.75, 3.05) is 6.54 Å². The number of hydrogen-bond donors (Lipinski definition) is 3. The lowest BCUT2D eigenvalue weighted by atomic mass is 9.89. The zero-order valence-corrected chi connectivity index (χ0v) is 13.8. The normalized spacial score (nSPS) is 17.5. The smallest absolute Gasteiger partial charge is 0.0684 e. The maximum Gasteiger partial charge on any atom is 0.0684 e. The molecule has 3 aromatic rings. The summed E-state index contributed by atoms with van der Waals surface area (Å²) in [4.78, 5) is 3.26. The molecule has 2 heterocycles. The Kier molecular flexibility index (Phi) is 3.97. The van der Waals surface area contributed by atoms with Crippen molar-refractivity contribution < 1.29 is 5.11 Å². The quantitative estimate of drug-likeness (QED) is 0.686. The van der Waals surface area contributed by atoms with E-state index >= 15 is 0 Å². The second kappa shape index (κ2) is 6.27. The summed E-state index contributed by atoms with van der Waals surface area (Å²) in [6, 6.07) is 13.0. The van der Waals surface area contributed by atoms with Crippen molar-refractivity contribution in [3.05, 3.63) is 76.5 Å². The summed E-state index contributed by atoms with van der Waals surface area (Å²) < 4.78 is 0. The second-order valence-corrected chi connectivity index (χ2v) is 6.46. The summed E-state index contributed by atoms with van der Waals surface area (Å²) in [5.41, 5.74) is 7.25. The third-order valence-electron chi connectivity index (χ3n) is 4.96. The van der Waals surface area contributed by atoms with Crippen LogP contribution in [0.4, 0.5) is 0 Å². The summed E-state index contributed by atoms with van der Waals surface area (Å²) in [7, 11) is 0. The summed E-state index contributed by atoms with van der Waals surface area (Å²) in [6.07, 6.45) is 7.45. The zero-order chi connectivity index (χ0) is 16.5. The van der Waals surface area contributed by atoms with Gasteiger partial charge in [0, 0.05) is 23.6 Å². The number of H-pyrrole nitrogens is 1. The molecule has 1 aromatic heterocycles. The first kappa shape index (κ1) is 15.2. The standard InChI is InChI=1S/C21H22N2O/c1-14-11-16-7-9-22-21(19(16)12-17(14)13-24)6-5-15-3-2-4-20-18(15)8-10-23-20/h2-6,8,10-12,21-24H,7,9,13H2,1H3/b6-5+. The van der Waals surface area contributed by atoms with E-state index < -0.39 is 0 Å². The molecule has 122 valence electrons. The molecule has 1 aliphatic heterocycles. The number of benzene rings is 2. The number of hydrogen-bond acceptors (Lipinski definition) is 2. The fourth-order valence-electron chi connectivity index (χ4n) is 3.61. The minimum atomic E-state index is 0.0954. The average molecular weight is 318 g/mol. The zero-order valence-electron chi connectivity index (χ0n) is 13.8. The number of aromatic amines is 1. The Balaban J connectivity index is 1.70. The van der Waals surface area contributed by atoms with E-state index in [1.165, 1.54) is 27.6 Å².